The Kier molecular flexibility index (Phi) is 4.46. The molecule has 0 heterocycles. The van der Waals surface area contributed by atoms with Crippen LogP contribution in [0.4, 0.5) is 10.1 Å². The van der Waals surface area contributed by atoms with Crippen molar-refractivity contribution in [2.45, 2.75) is 6.92 Å². The lowest BCUT2D eigenvalue weighted by atomic mass is 10.2. The first-order valence-corrected chi connectivity index (χ1v) is 5.71. The van der Waals surface area contributed by atoms with Crippen molar-refractivity contribution in [2.24, 2.45) is 5.73 Å². The monoisotopic (exact) mass is 299 g/mol. The molecule has 6 heteroatoms. The summed E-state index contributed by atoms with van der Waals surface area (Å²) in [5, 5.41) is 8.74. The van der Waals surface area contributed by atoms with E-state index < -0.39 is 11.7 Å². The minimum absolute atomic E-state index is 0.0637. The third kappa shape index (κ3) is 2.94. The molecule has 0 fully saturated rings. The SMILES string of the molecule is CCN(CC(N)=O)c1ccc(C#N)c(Br)c1F. The average molecular weight is 300 g/mol. The van der Waals surface area contributed by atoms with E-state index in [2.05, 4.69) is 15.9 Å². The predicted molar refractivity (Wildman–Crippen MR) is 65.9 cm³/mol. The number of rotatable bonds is 4. The fourth-order valence-corrected chi connectivity index (χ4v) is 1.85. The Labute approximate surface area is 107 Å². The molecule has 1 rings (SSSR count). The van der Waals surface area contributed by atoms with E-state index in [9.17, 15) is 9.18 Å². The third-order valence-electron chi connectivity index (χ3n) is 2.25. The molecule has 1 aromatic rings. The highest BCUT2D eigenvalue weighted by Crippen LogP contribution is 2.28. The summed E-state index contributed by atoms with van der Waals surface area (Å²) in [5.41, 5.74) is 5.54. The van der Waals surface area contributed by atoms with Crippen LogP contribution in [0.2, 0.25) is 0 Å². The van der Waals surface area contributed by atoms with E-state index in [1.165, 1.54) is 17.0 Å². The second-order valence-corrected chi connectivity index (χ2v) is 4.15. The van der Waals surface area contributed by atoms with Gasteiger partial charge in [0.25, 0.3) is 0 Å². The maximum absolute atomic E-state index is 13.9. The lowest BCUT2D eigenvalue weighted by Gasteiger charge is -2.22. The van der Waals surface area contributed by atoms with Gasteiger partial charge in [-0.05, 0) is 35.0 Å². The number of halogens is 2. The van der Waals surface area contributed by atoms with Gasteiger partial charge < -0.3 is 10.6 Å². The molecule has 90 valence electrons. The summed E-state index contributed by atoms with van der Waals surface area (Å²) in [4.78, 5) is 12.4. The van der Waals surface area contributed by atoms with E-state index in [0.717, 1.165) is 0 Å². The molecule has 2 N–H and O–H groups in total. The van der Waals surface area contributed by atoms with Crippen LogP contribution in [0.5, 0.6) is 0 Å². The van der Waals surface area contributed by atoms with Crippen molar-refractivity contribution < 1.29 is 9.18 Å². The fourth-order valence-electron chi connectivity index (χ4n) is 1.43. The van der Waals surface area contributed by atoms with Crippen LogP contribution in [0.1, 0.15) is 12.5 Å². The molecule has 0 aliphatic heterocycles. The Morgan fingerprint density at radius 1 is 1.65 bits per heavy atom. The highest BCUT2D eigenvalue weighted by Gasteiger charge is 2.16. The van der Waals surface area contributed by atoms with Crippen LogP contribution in [0.3, 0.4) is 0 Å². The van der Waals surface area contributed by atoms with Crippen molar-refractivity contribution >= 4 is 27.5 Å². The topological polar surface area (TPSA) is 70.1 Å². The van der Waals surface area contributed by atoms with Gasteiger partial charge in [-0.3, -0.25) is 4.79 Å². The Hall–Kier alpha value is -1.61. The highest BCUT2D eigenvalue weighted by atomic mass is 79.9. The molecule has 17 heavy (non-hydrogen) atoms. The number of carbonyl (C=O) groups is 1. The molecule has 1 amide bonds. The summed E-state index contributed by atoms with van der Waals surface area (Å²) in [7, 11) is 0. The van der Waals surface area contributed by atoms with Crippen molar-refractivity contribution in [2.75, 3.05) is 18.0 Å². The van der Waals surface area contributed by atoms with Crippen molar-refractivity contribution in [1.82, 2.24) is 0 Å². The third-order valence-corrected chi connectivity index (χ3v) is 3.03. The fraction of sp³-hybridized carbons (Fsp3) is 0.273. The maximum Gasteiger partial charge on any atom is 0.236 e. The zero-order valence-electron chi connectivity index (χ0n) is 9.20. The first-order valence-electron chi connectivity index (χ1n) is 4.92. The Morgan fingerprint density at radius 3 is 2.76 bits per heavy atom. The van der Waals surface area contributed by atoms with Crippen molar-refractivity contribution in [1.29, 1.82) is 5.26 Å². The van der Waals surface area contributed by atoms with Crippen LogP contribution in [0.25, 0.3) is 0 Å². The summed E-state index contributed by atoms with van der Waals surface area (Å²) in [6, 6.07) is 4.82. The standard InChI is InChI=1S/C11H11BrFN3O/c1-2-16(6-9(15)17)8-4-3-7(5-14)10(12)11(8)13/h3-4H,2,6H2,1H3,(H2,15,17). The molecule has 0 saturated carbocycles. The van der Waals surface area contributed by atoms with Crippen LogP contribution in [0, 0.1) is 17.1 Å². The average Bonchev–Trinajstić information content (AvgIpc) is 2.29. The number of nitrogens with zero attached hydrogens (tertiary/aromatic N) is 2. The van der Waals surface area contributed by atoms with Crippen LogP contribution >= 0.6 is 15.9 Å². The zero-order valence-corrected chi connectivity index (χ0v) is 10.8. The summed E-state index contributed by atoms with van der Waals surface area (Å²) in [6.07, 6.45) is 0. The van der Waals surface area contributed by atoms with Crippen LogP contribution in [-0.4, -0.2) is 19.0 Å². The van der Waals surface area contributed by atoms with Crippen LogP contribution in [-0.2, 0) is 4.79 Å². The number of anilines is 1. The Balaban J connectivity index is 3.18. The molecule has 0 unspecified atom stereocenters. The molecule has 0 aliphatic rings. The Morgan fingerprint density at radius 2 is 2.29 bits per heavy atom. The second kappa shape index (κ2) is 5.64. The number of primary amides is 1. The van der Waals surface area contributed by atoms with Gasteiger partial charge in [0.15, 0.2) is 5.82 Å². The summed E-state index contributed by atoms with van der Waals surface area (Å²) in [6.45, 7) is 2.17. The van der Waals surface area contributed by atoms with Gasteiger partial charge in [0.05, 0.1) is 22.3 Å². The number of carbonyl (C=O) groups excluding carboxylic acids is 1. The lowest BCUT2D eigenvalue weighted by molar-refractivity contribution is -0.116. The summed E-state index contributed by atoms with van der Waals surface area (Å²) in [5.74, 6) is -1.10. The minimum Gasteiger partial charge on any atom is -0.368 e. The first-order chi connectivity index (χ1) is 8.01. The molecule has 0 radical (unpaired) electrons. The van der Waals surface area contributed by atoms with Crippen molar-refractivity contribution in [3.63, 3.8) is 0 Å². The molecule has 0 aromatic heterocycles. The van der Waals surface area contributed by atoms with Crippen molar-refractivity contribution in [3.8, 4) is 6.07 Å². The van der Waals surface area contributed by atoms with Gasteiger partial charge in [0, 0.05) is 6.54 Å². The van der Waals surface area contributed by atoms with E-state index in [0.29, 0.717) is 6.54 Å². The van der Waals surface area contributed by atoms with Gasteiger partial charge in [0.1, 0.15) is 6.07 Å². The van der Waals surface area contributed by atoms with E-state index >= 15 is 0 Å². The van der Waals surface area contributed by atoms with Crippen molar-refractivity contribution in [3.05, 3.63) is 28.0 Å². The van der Waals surface area contributed by atoms with Gasteiger partial charge in [-0.2, -0.15) is 5.26 Å². The second-order valence-electron chi connectivity index (χ2n) is 3.35. The number of hydrogen-bond acceptors (Lipinski definition) is 3. The lowest BCUT2D eigenvalue weighted by Crippen LogP contribution is -2.34. The van der Waals surface area contributed by atoms with E-state index in [1.807, 2.05) is 6.07 Å². The van der Waals surface area contributed by atoms with Gasteiger partial charge in [-0.15, -0.1) is 0 Å². The van der Waals surface area contributed by atoms with Gasteiger partial charge in [-0.1, -0.05) is 0 Å². The quantitative estimate of drug-likeness (QED) is 0.921. The van der Waals surface area contributed by atoms with Gasteiger partial charge in [-0.25, -0.2) is 4.39 Å². The largest absolute Gasteiger partial charge is 0.368 e. The normalized spacial score (nSPS) is 9.76. The van der Waals surface area contributed by atoms with Crippen LogP contribution in [0.15, 0.2) is 16.6 Å². The molecular weight excluding hydrogens is 289 g/mol. The zero-order chi connectivity index (χ0) is 13.0. The number of benzene rings is 1. The molecule has 4 nitrogen and oxygen atoms in total. The number of amides is 1. The summed E-state index contributed by atoms with van der Waals surface area (Å²) >= 11 is 3.01. The number of hydrogen-bond donors (Lipinski definition) is 1. The van der Waals surface area contributed by atoms with Gasteiger partial charge >= 0.3 is 0 Å². The molecule has 0 atom stereocenters. The van der Waals surface area contributed by atoms with E-state index in [-0.39, 0.29) is 22.3 Å². The number of likely N-dealkylation sites (N-methyl/N-ethyl adjacent to an activating group) is 1. The molecule has 0 bridgehead atoms. The predicted octanol–water partition coefficient (Wildman–Crippen LogP) is 1.77. The smallest absolute Gasteiger partial charge is 0.236 e. The highest BCUT2D eigenvalue weighted by molar-refractivity contribution is 9.10. The number of nitrogens with two attached hydrogens (primary N) is 1. The van der Waals surface area contributed by atoms with Gasteiger partial charge in [0.2, 0.25) is 5.91 Å². The molecule has 0 spiro atoms. The minimum atomic E-state index is -0.563. The summed E-state index contributed by atoms with van der Waals surface area (Å²) < 4.78 is 14.0. The molecular formula is C11H11BrFN3O. The maximum atomic E-state index is 13.9. The molecule has 1 aromatic carbocycles. The molecule has 0 saturated heterocycles. The van der Waals surface area contributed by atoms with Crippen LogP contribution < -0.4 is 10.6 Å². The number of nitriles is 1. The molecule has 0 aliphatic carbocycles. The van der Waals surface area contributed by atoms with E-state index in [1.54, 1.807) is 6.92 Å². The van der Waals surface area contributed by atoms with E-state index in [4.69, 9.17) is 11.0 Å². The Bertz CT molecular complexity index is 484. The first kappa shape index (κ1) is 13.5.